The number of carbonyl (C=O) groups excluding carboxylic acids is 1. The van der Waals surface area contributed by atoms with Gasteiger partial charge in [-0.15, -0.1) is 10.2 Å². The molecule has 4 rings (SSSR count). The minimum atomic E-state index is -0.267. The van der Waals surface area contributed by atoms with E-state index in [-0.39, 0.29) is 5.91 Å². The molecule has 1 amide bonds. The van der Waals surface area contributed by atoms with Crippen LogP contribution < -0.4 is 5.32 Å². The van der Waals surface area contributed by atoms with Gasteiger partial charge in [-0.1, -0.05) is 54.6 Å². The number of H-pyrrole nitrogens is 1. The molecule has 0 unspecified atom stereocenters. The van der Waals surface area contributed by atoms with Crippen LogP contribution in [0.3, 0.4) is 0 Å². The lowest BCUT2D eigenvalue weighted by Gasteiger charge is -2.07. The number of hydrogen-bond donors (Lipinski definition) is 2. The van der Waals surface area contributed by atoms with Gasteiger partial charge in [-0.25, -0.2) is 4.98 Å². The summed E-state index contributed by atoms with van der Waals surface area (Å²) in [5.74, 6) is 0.216. The molecule has 0 radical (unpaired) electrons. The third-order valence-corrected chi connectivity index (χ3v) is 3.98. The molecule has 2 aromatic heterocycles. The van der Waals surface area contributed by atoms with Crippen LogP contribution in [0.25, 0.3) is 23.4 Å². The number of pyridine rings is 1. The van der Waals surface area contributed by atoms with Crippen molar-refractivity contribution in [1.29, 1.82) is 0 Å². The minimum Gasteiger partial charge on any atom is -0.321 e. The van der Waals surface area contributed by atoms with E-state index in [0.717, 1.165) is 16.8 Å². The fourth-order valence-corrected chi connectivity index (χ4v) is 2.66. The number of nitrogens with one attached hydrogen (secondary N) is 2. The summed E-state index contributed by atoms with van der Waals surface area (Å²) in [5.41, 5.74) is 3.64. The topological polar surface area (TPSA) is 96.5 Å². The molecule has 7 heteroatoms. The van der Waals surface area contributed by atoms with Crippen LogP contribution in [0.15, 0.2) is 72.8 Å². The van der Waals surface area contributed by atoms with E-state index in [1.165, 1.54) is 0 Å². The van der Waals surface area contributed by atoms with Crippen molar-refractivity contribution in [2.24, 2.45) is 0 Å². The Morgan fingerprint density at radius 2 is 1.79 bits per heavy atom. The smallest absolute Gasteiger partial charge is 0.274 e. The average molecular weight is 368 g/mol. The number of hydrogen-bond acceptors (Lipinski definition) is 5. The molecule has 0 bridgehead atoms. The zero-order chi connectivity index (χ0) is 19.2. The largest absolute Gasteiger partial charge is 0.321 e. The van der Waals surface area contributed by atoms with Crippen LogP contribution in [0.4, 0.5) is 5.69 Å². The van der Waals surface area contributed by atoms with Crippen molar-refractivity contribution < 1.29 is 4.79 Å². The first-order chi connectivity index (χ1) is 13.8. The first kappa shape index (κ1) is 17.3. The highest BCUT2D eigenvalue weighted by atomic mass is 16.1. The standard InChI is InChI=1S/C21H16N6O/c28-21(19-11-5-10-18(23-19)16-7-2-1-3-8-16)22-17-9-4-6-15(14-17)12-13-20-24-26-27-25-20/h1-14H,(H,22,28)(H,24,25,26,27). The predicted molar refractivity (Wildman–Crippen MR) is 107 cm³/mol. The van der Waals surface area contributed by atoms with E-state index in [2.05, 4.69) is 30.9 Å². The highest BCUT2D eigenvalue weighted by Gasteiger charge is 2.09. The second kappa shape index (κ2) is 8.05. The van der Waals surface area contributed by atoms with E-state index >= 15 is 0 Å². The molecule has 0 atom stereocenters. The molecule has 7 nitrogen and oxygen atoms in total. The van der Waals surface area contributed by atoms with Gasteiger partial charge >= 0.3 is 0 Å². The Balaban J connectivity index is 1.50. The Bertz CT molecular complexity index is 1110. The highest BCUT2D eigenvalue weighted by molar-refractivity contribution is 6.03. The maximum absolute atomic E-state index is 12.6. The summed E-state index contributed by atoms with van der Waals surface area (Å²) in [6.07, 6.45) is 3.57. The van der Waals surface area contributed by atoms with Crippen molar-refractivity contribution >= 4 is 23.7 Å². The summed E-state index contributed by atoms with van der Waals surface area (Å²) >= 11 is 0. The molecule has 0 aliphatic heterocycles. The number of nitrogens with zero attached hydrogens (tertiary/aromatic N) is 4. The molecule has 136 valence electrons. The number of amides is 1. The lowest BCUT2D eigenvalue weighted by Crippen LogP contribution is -2.13. The number of tetrazole rings is 1. The van der Waals surface area contributed by atoms with Crippen LogP contribution in [-0.4, -0.2) is 31.5 Å². The fourth-order valence-electron chi connectivity index (χ4n) is 2.66. The molecule has 0 aliphatic rings. The summed E-state index contributed by atoms with van der Waals surface area (Å²) in [5, 5.41) is 16.5. The maximum Gasteiger partial charge on any atom is 0.274 e. The normalized spacial score (nSPS) is 10.9. The molecular weight excluding hydrogens is 352 g/mol. The third-order valence-electron chi connectivity index (χ3n) is 3.98. The van der Waals surface area contributed by atoms with E-state index < -0.39 is 0 Å². The lowest BCUT2D eigenvalue weighted by atomic mass is 10.1. The molecule has 0 spiro atoms. The summed E-state index contributed by atoms with van der Waals surface area (Å²) in [7, 11) is 0. The Kier molecular flexibility index (Phi) is 4.97. The van der Waals surface area contributed by atoms with Gasteiger partial charge in [0.25, 0.3) is 5.91 Å². The third kappa shape index (κ3) is 4.16. The van der Waals surface area contributed by atoms with Crippen LogP contribution in [-0.2, 0) is 0 Å². The van der Waals surface area contributed by atoms with Crippen molar-refractivity contribution in [3.8, 4) is 11.3 Å². The SMILES string of the molecule is O=C(Nc1cccc(C=Cc2nn[nH]n2)c1)c1cccc(-c2ccccc2)n1. The van der Waals surface area contributed by atoms with Gasteiger partial charge in [-0.2, -0.15) is 5.21 Å². The van der Waals surface area contributed by atoms with Gasteiger partial charge in [0.15, 0.2) is 5.82 Å². The van der Waals surface area contributed by atoms with Gasteiger partial charge in [0.1, 0.15) is 5.69 Å². The number of carbonyl (C=O) groups is 1. The highest BCUT2D eigenvalue weighted by Crippen LogP contribution is 2.18. The Morgan fingerprint density at radius 1 is 0.929 bits per heavy atom. The number of rotatable bonds is 5. The summed E-state index contributed by atoms with van der Waals surface area (Å²) in [6, 6.07) is 22.6. The Labute approximate surface area is 161 Å². The first-order valence-electron chi connectivity index (χ1n) is 8.63. The molecule has 4 aromatic rings. The van der Waals surface area contributed by atoms with E-state index in [1.54, 1.807) is 12.1 Å². The molecule has 0 fully saturated rings. The van der Waals surface area contributed by atoms with Crippen LogP contribution >= 0.6 is 0 Å². The lowest BCUT2D eigenvalue weighted by molar-refractivity contribution is 0.102. The zero-order valence-electron chi connectivity index (χ0n) is 14.8. The van der Waals surface area contributed by atoms with Crippen molar-refractivity contribution in [3.05, 3.63) is 89.9 Å². The van der Waals surface area contributed by atoms with Gasteiger partial charge in [-0.3, -0.25) is 4.79 Å². The Morgan fingerprint density at radius 3 is 2.61 bits per heavy atom. The van der Waals surface area contributed by atoms with Gasteiger partial charge < -0.3 is 5.32 Å². The number of anilines is 1. The summed E-state index contributed by atoms with van der Waals surface area (Å²) < 4.78 is 0. The van der Waals surface area contributed by atoms with Crippen molar-refractivity contribution in [3.63, 3.8) is 0 Å². The van der Waals surface area contributed by atoms with Crippen molar-refractivity contribution in [2.75, 3.05) is 5.32 Å². The van der Waals surface area contributed by atoms with Crippen LogP contribution in [0.1, 0.15) is 21.9 Å². The van der Waals surface area contributed by atoms with E-state index in [0.29, 0.717) is 17.2 Å². The quantitative estimate of drug-likeness (QED) is 0.560. The maximum atomic E-state index is 12.6. The molecule has 2 aromatic carbocycles. The molecule has 0 saturated heterocycles. The molecular formula is C21H16N6O. The van der Waals surface area contributed by atoms with Gasteiger partial charge in [0.05, 0.1) is 5.69 Å². The number of aromatic amines is 1. The minimum absolute atomic E-state index is 0.267. The van der Waals surface area contributed by atoms with Crippen molar-refractivity contribution in [1.82, 2.24) is 25.6 Å². The summed E-state index contributed by atoms with van der Waals surface area (Å²) in [4.78, 5) is 17.1. The average Bonchev–Trinajstić information content (AvgIpc) is 3.27. The Hall–Kier alpha value is -4.13. The second-order valence-corrected chi connectivity index (χ2v) is 5.96. The van der Waals surface area contributed by atoms with Gasteiger partial charge in [-0.05, 0) is 41.1 Å². The summed E-state index contributed by atoms with van der Waals surface area (Å²) in [6.45, 7) is 0. The molecule has 2 heterocycles. The monoisotopic (exact) mass is 368 g/mol. The molecule has 0 aliphatic carbocycles. The van der Waals surface area contributed by atoms with Crippen LogP contribution in [0, 0.1) is 0 Å². The zero-order valence-corrected chi connectivity index (χ0v) is 14.8. The van der Waals surface area contributed by atoms with E-state index in [4.69, 9.17) is 0 Å². The number of benzene rings is 2. The van der Waals surface area contributed by atoms with E-state index in [1.807, 2.05) is 72.8 Å². The number of aromatic nitrogens is 5. The van der Waals surface area contributed by atoms with Gasteiger partial charge in [0, 0.05) is 11.3 Å². The van der Waals surface area contributed by atoms with E-state index in [9.17, 15) is 4.79 Å². The predicted octanol–water partition coefficient (Wildman–Crippen LogP) is 3.68. The second-order valence-electron chi connectivity index (χ2n) is 5.96. The molecule has 28 heavy (non-hydrogen) atoms. The first-order valence-corrected chi connectivity index (χ1v) is 8.63. The van der Waals surface area contributed by atoms with Crippen LogP contribution in [0.2, 0.25) is 0 Å². The fraction of sp³-hybridized carbons (Fsp3) is 0. The van der Waals surface area contributed by atoms with Crippen molar-refractivity contribution in [2.45, 2.75) is 0 Å². The molecule has 2 N–H and O–H groups in total. The van der Waals surface area contributed by atoms with Crippen LogP contribution in [0.5, 0.6) is 0 Å². The molecule has 0 saturated carbocycles. The van der Waals surface area contributed by atoms with Gasteiger partial charge in [0.2, 0.25) is 0 Å².